The molecule has 3 aliphatic rings. The Kier molecular flexibility index (Phi) is 12.8. The van der Waals surface area contributed by atoms with E-state index in [1.165, 1.54) is 32.9 Å². The van der Waals surface area contributed by atoms with Crippen molar-refractivity contribution in [3.05, 3.63) is 35.3 Å². The predicted octanol–water partition coefficient (Wildman–Crippen LogP) is 2.46. The van der Waals surface area contributed by atoms with E-state index in [9.17, 15) is 33.2 Å². The second-order valence-electron chi connectivity index (χ2n) is 13.2. The number of carbonyl (C=O) groups excluding carboxylic acids is 6. The molecule has 2 aromatic rings. The molecule has 1 aliphatic carbocycles. The summed E-state index contributed by atoms with van der Waals surface area (Å²) in [5, 5.41) is 5.93. The molecular weight excluding hydrogens is 679 g/mol. The van der Waals surface area contributed by atoms with Crippen LogP contribution in [0.1, 0.15) is 74.8 Å². The third-order valence-corrected chi connectivity index (χ3v) is 9.63. The molecule has 1 saturated carbocycles. The Hall–Kier alpha value is -5.02. The summed E-state index contributed by atoms with van der Waals surface area (Å²) in [5.74, 6) is -2.90. The van der Waals surface area contributed by atoms with Gasteiger partial charge in [0.25, 0.3) is 11.8 Å². The number of nitrogens with one attached hydrogen (secondary N) is 2. The van der Waals surface area contributed by atoms with Gasteiger partial charge in [0.05, 0.1) is 18.7 Å². The first-order valence-electron chi connectivity index (χ1n) is 18.0. The second-order valence-corrected chi connectivity index (χ2v) is 13.2. The highest BCUT2D eigenvalue weighted by Gasteiger charge is 2.36. The summed E-state index contributed by atoms with van der Waals surface area (Å²) >= 11 is 0. The number of halogens is 1. The first-order chi connectivity index (χ1) is 25.0. The lowest BCUT2D eigenvalue weighted by Crippen LogP contribution is -2.56. The lowest BCUT2D eigenvalue weighted by Gasteiger charge is -2.36. The lowest BCUT2D eigenvalue weighted by molar-refractivity contribution is -0.143. The van der Waals surface area contributed by atoms with Crippen molar-refractivity contribution in [1.29, 1.82) is 0 Å². The molecule has 16 heteroatoms. The van der Waals surface area contributed by atoms with E-state index in [2.05, 4.69) is 15.6 Å². The Bertz CT molecular complexity index is 1680. The van der Waals surface area contributed by atoms with Gasteiger partial charge in [0.1, 0.15) is 29.3 Å². The Morgan fingerprint density at radius 3 is 2.31 bits per heavy atom. The van der Waals surface area contributed by atoms with Crippen LogP contribution in [-0.2, 0) is 28.7 Å². The highest BCUT2D eigenvalue weighted by atomic mass is 19.1. The molecule has 0 unspecified atom stereocenters. The molecule has 2 N–H and O–H groups in total. The van der Waals surface area contributed by atoms with Gasteiger partial charge in [-0.3, -0.25) is 24.0 Å². The van der Waals surface area contributed by atoms with Gasteiger partial charge in [0, 0.05) is 56.6 Å². The summed E-state index contributed by atoms with van der Waals surface area (Å²) in [4.78, 5) is 87.1. The fourth-order valence-corrected chi connectivity index (χ4v) is 6.50. The summed E-state index contributed by atoms with van der Waals surface area (Å²) in [7, 11) is 0. The van der Waals surface area contributed by atoms with E-state index in [1.807, 2.05) is 0 Å². The molecule has 2 atom stereocenters. The Balaban J connectivity index is 1.33. The number of aromatic nitrogens is 1. The highest BCUT2D eigenvalue weighted by Crippen LogP contribution is 2.29. The van der Waals surface area contributed by atoms with Gasteiger partial charge < -0.3 is 39.5 Å². The van der Waals surface area contributed by atoms with E-state index >= 15 is 0 Å². The molecule has 282 valence electrons. The zero-order chi connectivity index (χ0) is 37.4. The van der Waals surface area contributed by atoms with Gasteiger partial charge in [-0.15, -0.1) is 0 Å². The van der Waals surface area contributed by atoms with Crippen molar-refractivity contribution in [1.82, 2.24) is 30.3 Å². The zero-order valence-corrected chi connectivity index (χ0v) is 29.9. The molecule has 2 saturated heterocycles. The maximum Gasteiger partial charge on any atom is 0.409 e. The normalized spacial score (nSPS) is 18.0. The molecule has 2 aliphatic heterocycles. The van der Waals surface area contributed by atoms with Crippen LogP contribution in [0.5, 0.6) is 5.75 Å². The van der Waals surface area contributed by atoms with Crippen molar-refractivity contribution in [3.8, 4) is 5.75 Å². The summed E-state index contributed by atoms with van der Waals surface area (Å²) in [5.41, 5.74) is 0.319. The van der Waals surface area contributed by atoms with Gasteiger partial charge in [-0.25, -0.2) is 14.2 Å². The van der Waals surface area contributed by atoms with Crippen LogP contribution in [0.15, 0.2) is 18.2 Å². The van der Waals surface area contributed by atoms with Crippen LogP contribution in [0.2, 0.25) is 0 Å². The average molecular weight is 727 g/mol. The van der Waals surface area contributed by atoms with Crippen LogP contribution >= 0.6 is 0 Å². The van der Waals surface area contributed by atoms with Crippen molar-refractivity contribution in [2.24, 2.45) is 0 Å². The number of carbonyl (C=O) groups is 6. The SMILES string of the molecule is CCOC(=O)CC[C@H](NC(=O)c1cc(OCC(=O)N2CCC[C@H]2C(=O)NC2CCC2)c2cc(F)c(C)cc2n1)C(=O)N1CCN(C(=O)OCC)CC1. The molecule has 52 heavy (non-hydrogen) atoms. The van der Waals surface area contributed by atoms with Crippen molar-refractivity contribution in [2.75, 3.05) is 52.5 Å². The van der Waals surface area contributed by atoms with Gasteiger partial charge in [0.15, 0.2) is 6.61 Å². The molecule has 5 rings (SSSR count). The van der Waals surface area contributed by atoms with Crippen molar-refractivity contribution >= 4 is 46.6 Å². The minimum atomic E-state index is -1.15. The summed E-state index contributed by atoms with van der Waals surface area (Å²) in [6.07, 6.45) is 3.41. The number of pyridine rings is 1. The monoisotopic (exact) mass is 726 g/mol. The van der Waals surface area contributed by atoms with Crippen LogP contribution in [-0.4, -0.2) is 126 Å². The van der Waals surface area contributed by atoms with Crippen LogP contribution in [0.25, 0.3) is 10.9 Å². The fraction of sp³-hybridized carbons (Fsp3) is 0.583. The average Bonchev–Trinajstić information content (AvgIpc) is 3.61. The van der Waals surface area contributed by atoms with Gasteiger partial charge in [-0.1, -0.05) is 0 Å². The summed E-state index contributed by atoms with van der Waals surface area (Å²) < 4.78 is 30.8. The van der Waals surface area contributed by atoms with Crippen LogP contribution in [0.4, 0.5) is 9.18 Å². The summed E-state index contributed by atoms with van der Waals surface area (Å²) in [6, 6.07) is 2.31. The second kappa shape index (κ2) is 17.5. The molecule has 5 amide bonds. The van der Waals surface area contributed by atoms with E-state index in [4.69, 9.17) is 14.2 Å². The Labute approximate surface area is 301 Å². The van der Waals surface area contributed by atoms with Crippen molar-refractivity contribution in [3.63, 3.8) is 0 Å². The van der Waals surface area contributed by atoms with Crippen LogP contribution in [0.3, 0.4) is 0 Å². The Morgan fingerprint density at radius 2 is 1.63 bits per heavy atom. The number of likely N-dealkylation sites (tertiary alicyclic amines) is 1. The highest BCUT2D eigenvalue weighted by molar-refractivity contribution is 5.99. The third kappa shape index (κ3) is 9.25. The molecular formula is C36H47FN6O9. The number of amides is 5. The number of hydrogen-bond donors (Lipinski definition) is 2. The van der Waals surface area contributed by atoms with Crippen LogP contribution in [0, 0.1) is 12.7 Å². The first-order valence-corrected chi connectivity index (χ1v) is 18.0. The lowest BCUT2D eigenvalue weighted by atomic mass is 9.93. The largest absolute Gasteiger partial charge is 0.483 e. The van der Waals surface area contributed by atoms with E-state index in [1.54, 1.807) is 20.8 Å². The van der Waals surface area contributed by atoms with Gasteiger partial charge >= 0.3 is 12.1 Å². The number of rotatable bonds is 13. The molecule has 1 aromatic carbocycles. The number of benzene rings is 1. The standard InChI is InChI=1S/C36H47FN6O9/c1-4-50-32(45)12-11-26(35(48)41-14-16-42(17-15-41)36(49)51-5-2)40-33(46)28-20-30(24-19-25(37)22(3)18-27(24)39-28)52-21-31(44)43-13-7-10-29(43)34(47)38-23-8-6-9-23/h18-20,23,26,29H,4-17,21H2,1-3H3,(H,38,47)(H,40,46)/t26-,29-/m0/s1. The van der Waals surface area contributed by atoms with Crippen LogP contribution < -0.4 is 15.4 Å². The van der Waals surface area contributed by atoms with E-state index in [-0.39, 0.29) is 92.1 Å². The number of piperazine rings is 1. The maximum absolute atomic E-state index is 14.8. The molecule has 1 aromatic heterocycles. The van der Waals surface area contributed by atoms with Crippen molar-refractivity contribution < 1.29 is 47.4 Å². The molecule has 0 spiro atoms. The maximum atomic E-state index is 14.8. The number of fused-ring (bicyclic) bond motifs is 1. The van der Waals surface area contributed by atoms with Gasteiger partial charge in [-0.05, 0) is 77.0 Å². The zero-order valence-electron chi connectivity index (χ0n) is 29.9. The minimum Gasteiger partial charge on any atom is -0.483 e. The first kappa shape index (κ1) is 38.2. The third-order valence-electron chi connectivity index (χ3n) is 9.63. The van der Waals surface area contributed by atoms with Gasteiger partial charge in [0.2, 0.25) is 11.8 Å². The fourth-order valence-electron chi connectivity index (χ4n) is 6.50. The number of nitrogens with zero attached hydrogens (tertiary/aromatic N) is 4. The predicted molar refractivity (Wildman–Crippen MR) is 185 cm³/mol. The molecule has 3 fully saturated rings. The van der Waals surface area contributed by atoms with Gasteiger partial charge in [-0.2, -0.15) is 0 Å². The number of hydrogen-bond acceptors (Lipinski definition) is 10. The van der Waals surface area contributed by atoms with Crippen molar-refractivity contribution in [2.45, 2.75) is 83.8 Å². The molecule has 3 heterocycles. The number of ether oxygens (including phenoxy) is 3. The quantitative estimate of drug-likeness (QED) is 0.292. The topological polar surface area (TPSA) is 177 Å². The molecule has 15 nitrogen and oxygen atoms in total. The number of aryl methyl sites for hydroxylation is 1. The number of esters is 1. The van der Waals surface area contributed by atoms with E-state index in [0.29, 0.717) is 19.4 Å². The van der Waals surface area contributed by atoms with E-state index in [0.717, 1.165) is 19.3 Å². The molecule has 0 bridgehead atoms. The smallest absolute Gasteiger partial charge is 0.409 e. The van der Waals surface area contributed by atoms with E-state index < -0.39 is 54.3 Å². The Morgan fingerprint density at radius 1 is 0.923 bits per heavy atom. The molecule has 0 radical (unpaired) electrons. The minimum absolute atomic E-state index is 0.0153. The summed E-state index contributed by atoms with van der Waals surface area (Å²) in [6.45, 7) is 6.04.